The predicted octanol–water partition coefficient (Wildman–Crippen LogP) is 2.59. The average Bonchev–Trinajstić information content (AvgIpc) is 3.09. The Kier molecular flexibility index (Phi) is 2.87. The van der Waals surface area contributed by atoms with Gasteiger partial charge in [-0.25, -0.2) is 4.68 Å². The first-order chi connectivity index (χ1) is 9.68. The Morgan fingerprint density at radius 2 is 2.05 bits per heavy atom. The van der Waals surface area contributed by atoms with Gasteiger partial charge >= 0.3 is 0 Å². The number of anilines is 1. The quantitative estimate of drug-likeness (QED) is 0.740. The Morgan fingerprint density at radius 3 is 2.75 bits per heavy atom. The van der Waals surface area contributed by atoms with E-state index >= 15 is 0 Å². The number of ketones is 1. The molecule has 20 heavy (non-hydrogen) atoms. The molecule has 0 fully saturated rings. The van der Waals surface area contributed by atoms with Crippen LogP contribution in [-0.4, -0.2) is 15.6 Å². The Hall–Kier alpha value is -2.82. The number of nitrogens with two attached hydrogens (primary N) is 1. The first kappa shape index (κ1) is 12.2. The Labute approximate surface area is 115 Å². The van der Waals surface area contributed by atoms with Crippen molar-refractivity contribution in [3.63, 3.8) is 0 Å². The molecule has 0 aliphatic heterocycles. The van der Waals surface area contributed by atoms with Gasteiger partial charge in [-0.3, -0.25) is 4.79 Å². The summed E-state index contributed by atoms with van der Waals surface area (Å²) >= 11 is 0. The van der Waals surface area contributed by atoms with Crippen LogP contribution in [0.15, 0.2) is 53.3 Å². The van der Waals surface area contributed by atoms with Gasteiger partial charge in [0, 0.05) is 0 Å². The molecule has 3 aromatic rings. The molecule has 3 rings (SSSR count). The Balaban J connectivity index is 2.06. The number of rotatable bonds is 3. The summed E-state index contributed by atoms with van der Waals surface area (Å²) in [5.41, 5.74) is 8.26. The van der Waals surface area contributed by atoms with Gasteiger partial charge in [0.05, 0.1) is 23.7 Å². The lowest BCUT2D eigenvalue weighted by Crippen LogP contribution is -2.07. The minimum atomic E-state index is -0.271. The molecule has 0 amide bonds. The summed E-state index contributed by atoms with van der Waals surface area (Å²) in [5, 5.41) is 4.21. The lowest BCUT2D eigenvalue weighted by atomic mass is 10.1. The van der Waals surface area contributed by atoms with E-state index in [-0.39, 0.29) is 11.5 Å². The third-order valence-corrected chi connectivity index (χ3v) is 3.14. The fourth-order valence-electron chi connectivity index (χ4n) is 2.07. The van der Waals surface area contributed by atoms with Gasteiger partial charge in [-0.15, -0.1) is 0 Å². The number of nitrogens with zero attached hydrogens (tertiary/aromatic N) is 2. The number of benzene rings is 1. The van der Waals surface area contributed by atoms with E-state index in [1.807, 2.05) is 31.2 Å². The van der Waals surface area contributed by atoms with Crippen LogP contribution in [0.3, 0.4) is 0 Å². The van der Waals surface area contributed by atoms with Crippen molar-refractivity contribution in [2.24, 2.45) is 0 Å². The van der Waals surface area contributed by atoms with E-state index < -0.39 is 0 Å². The van der Waals surface area contributed by atoms with Gasteiger partial charge in [0.2, 0.25) is 5.78 Å². The molecule has 0 atom stereocenters. The number of nitrogen functional groups attached to an aromatic ring is 1. The van der Waals surface area contributed by atoms with Crippen LogP contribution in [0.1, 0.15) is 21.7 Å². The van der Waals surface area contributed by atoms with Crippen molar-refractivity contribution in [3.8, 4) is 5.69 Å². The number of carbonyl (C=O) groups excluding carboxylic acids is 1. The summed E-state index contributed by atoms with van der Waals surface area (Å²) in [4.78, 5) is 12.2. The van der Waals surface area contributed by atoms with Crippen LogP contribution in [0.4, 0.5) is 5.82 Å². The van der Waals surface area contributed by atoms with Crippen LogP contribution < -0.4 is 5.73 Å². The summed E-state index contributed by atoms with van der Waals surface area (Å²) in [5.74, 6) is 0.286. The third kappa shape index (κ3) is 1.89. The highest BCUT2D eigenvalue weighted by atomic mass is 16.3. The Bertz CT molecular complexity index is 757. The maximum absolute atomic E-state index is 12.2. The van der Waals surface area contributed by atoms with Crippen molar-refractivity contribution >= 4 is 11.6 Å². The lowest BCUT2D eigenvalue weighted by molar-refractivity contribution is 0.101. The van der Waals surface area contributed by atoms with Crippen LogP contribution in [0, 0.1) is 6.92 Å². The second kappa shape index (κ2) is 4.70. The van der Waals surface area contributed by atoms with Gasteiger partial charge in [-0.1, -0.05) is 18.2 Å². The molecule has 0 saturated carbocycles. The zero-order valence-corrected chi connectivity index (χ0v) is 10.9. The first-order valence-electron chi connectivity index (χ1n) is 6.16. The average molecular weight is 267 g/mol. The fourth-order valence-corrected chi connectivity index (χ4v) is 2.07. The normalized spacial score (nSPS) is 10.7. The topological polar surface area (TPSA) is 74.0 Å². The van der Waals surface area contributed by atoms with Crippen molar-refractivity contribution in [1.29, 1.82) is 0 Å². The maximum atomic E-state index is 12.2. The molecular formula is C15H13N3O2. The monoisotopic (exact) mass is 267 g/mol. The predicted molar refractivity (Wildman–Crippen MR) is 74.9 cm³/mol. The minimum absolute atomic E-state index is 0.251. The van der Waals surface area contributed by atoms with Crippen LogP contribution in [0.2, 0.25) is 0 Å². The largest absolute Gasteiger partial charge is 0.461 e. The van der Waals surface area contributed by atoms with E-state index in [4.69, 9.17) is 10.2 Å². The standard InChI is InChI=1S/C15H13N3O2/c1-10-5-2-3-6-12(10)18-15(16)11(9-17-18)14(19)13-7-4-8-20-13/h2-9H,16H2,1H3. The Morgan fingerprint density at radius 1 is 1.25 bits per heavy atom. The molecule has 5 heteroatoms. The molecule has 0 aliphatic carbocycles. The molecule has 100 valence electrons. The van der Waals surface area contributed by atoms with Crippen molar-refractivity contribution in [2.75, 3.05) is 5.73 Å². The van der Waals surface area contributed by atoms with Gasteiger partial charge in [-0.05, 0) is 30.7 Å². The van der Waals surface area contributed by atoms with E-state index in [2.05, 4.69) is 5.10 Å². The number of aromatic nitrogens is 2. The van der Waals surface area contributed by atoms with Gasteiger partial charge < -0.3 is 10.2 Å². The maximum Gasteiger partial charge on any atom is 0.233 e. The fraction of sp³-hybridized carbons (Fsp3) is 0.0667. The number of furan rings is 1. The van der Waals surface area contributed by atoms with Gasteiger partial charge in [0.15, 0.2) is 5.76 Å². The zero-order valence-electron chi connectivity index (χ0n) is 10.9. The van der Waals surface area contributed by atoms with Crippen molar-refractivity contribution in [3.05, 3.63) is 65.7 Å². The van der Waals surface area contributed by atoms with Crippen LogP contribution in [-0.2, 0) is 0 Å². The molecule has 0 radical (unpaired) electrons. The molecule has 2 N–H and O–H groups in total. The minimum Gasteiger partial charge on any atom is -0.461 e. The molecule has 0 spiro atoms. The van der Waals surface area contributed by atoms with E-state index in [1.54, 1.807) is 16.8 Å². The van der Waals surface area contributed by atoms with Gasteiger partial charge in [-0.2, -0.15) is 5.10 Å². The highest BCUT2D eigenvalue weighted by Gasteiger charge is 2.20. The molecule has 2 aromatic heterocycles. The smallest absolute Gasteiger partial charge is 0.233 e. The van der Waals surface area contributed by atoms with Gasteiger partial charge in [0.25, 0.3) is 0 Å². The summed E-state index contributed by atoms with van der Waals surface area (Å²) in [7, 11) is 0. The van der Waals surface area contributed by atoms with E-state index in [0.717, 1.165) is 11.3 Å². The molecule has 0 saturated heterocycles. The van der Waals surface area contributed by atoms with Crippen molar-refractivity contribution in [2.45, 2.75) is 6.92 Å². The molecule has 5 nitrogen and oxygen atoms in total. The molecule has 0 bridgehead atoms. The second-order valence-corrected chi connectivity index (χ2v) is 4.45. The zero-order chi connectivity index (χ0) is 14.1. The van der Waals surface area contributed by atoms with E-state index in [0.29, 0.717) is 11.4 Å². The van der Waals surface area contributed by atoms with Crippen LogP contribution in [0.5, 0.6) is 0 Å². The molecule has 1 aromatic carbocycles. The first-order valence-corrected chi connectivity index (χ1v) is 6.16. The number of aryl methyl sites for hydroxylation is 1. The number of hydrogen-bond donors (Lipinski definition) is 1. The summed E-state index contributed by atoms with van der Waals surface area (Å²) < 4.78 is 6.66. The molecule has 0 unspecified atom stereocenters. The molecule has 2 heterocycles. The summed E-state index contributed by atoms with van der Waals surface area (Å²) in [6.07, 6.45) is 2.92. The molecular weight excluding hydrogens is 254 g/mol. The van der Waals surface area contributed by atoms with Crippen LogP contribution >= 0.6 is 0 Å². The third-order valence-electron chi connectivity index (χ3n) is 3.14. The lowest BCUT2D eigenvalue weighted by Gasteiger charge is -2.07. The highest BCUT2D eigenvalue weighted by molar-refractivity contribution is 6.10. The van der Waals surface area contributed by atoms with E-state index in [9.17, 15) is 4.79 Å². The van der Waals surface area contributed by atoms with Crippen molar-refractivity contribution < 1.29 is 9.21 Å². The SMILES string of the molecule is Cc1ccccc1-n1ncc(C(=O)c2ccco2)c1N. The van der Waals surface area contributed by atoms with E-state index in [1.165, 1.54) is 12.5 Å². The summed E-state index contributed by atoms with van der Waals surface area (Å²) in [6, 6.07) is 11.0. The second-order valence-electron chi connectivity index (χ2n) is 4.45. The number of para-hydroxylation sites is 1. The van der Waals surface area contributed by atoms with Gasteiger partial charge in [0.1, 0.15) is 5.82 Å². The number of hydrogen-bond acceptors (Lipinski definition) is 4. The van der Waals surface area contributed by atoms with Crippen LogP contribution in [0.25, 0.3) is 5.69 Å². The van der Waals surface area contributed by atoms with Crippen molar-refractivity contribution in [1.82, 2.24) is 9.78 Å². The number of carbonyl (C=O) groups is 1. The highest BCUT2D eigenvalue weighted by Crippen LogP contribution is 2.22. The summed E-state index contributed by atoms with van der Waals surface area (Å²) in [6.45, 7) is 1.96. The molecule has 0 aliphatic rings.